The summed E-state index contributed by atoms with van der Waals surface area (Å²) in [6, 6.07) is 0.218. The number of nitrogens with zero attached hydrogens (tertiary/aromatic N) is 4. The summed E-state index contributed by atoms with van der Waals surface area (Å²) in [5.74, 6) is -0.150. The van der Waals surface area contributed by atoms with Crippen LogP contribution in [-0.4, -0.2) is 63.1 Å². The van der Waals surface area contributed by atoms with E-state index < -0.39 is 0 Å². The topological polar surface area (TPSA) is 84.5 Å². The Morgan fingerprint density at radius 1 is 1.28 bits per heavy atom. The van der Waals surface area contributed by atoms with E-state index in [0.29, 0.717) is 32.0 Å². The van der Waals surface area contributed by atoms with Crippen LogP contribution in [0.3, 0.4) is 0 Å². The van der Waals surface area contributed by atoms with Crippen molar-refractivity contribution in [2.45, 2.75) is 58.2 Å². The van der Waals surface area contributed by atoms with Gasteiger partial charge in [-0.15, -0.1) is 0 Å². The molecule has 1 aromatic rings. The van der Waals surface area contributed by atoms with Crippen LogP contribution < -0.4 is 5.73 Å². The van der Waals surface area contributed by atoms with Crippen molar-refractivity contribution in [1.82, 2.24) is 19.6 Å². The molecule has 0 unspecified atom stereocenters. The van der Waals surface area contributed by atoms with Gasteiger partial charge in [0, 0.05) is 31.2 Å². The number of carbonyl (C=O) groups excluding carboxylic acids is 2. The van der Waals surface area contributed by atoms with Crippen LogP contribution >= 0.6 is 0 Å². The van der Waals surface area contributed by atoms with E-state index in [-0.39, 0.29) is 23.8 Å². The molecule has 2 N–H and O–H groups in total. The molecule has 2 atom stereocenters. The summed E-state index contributed by atoms with van der Waals surface area (Å²) in [4.78, 5) is 28.4. The maximum absolute atomic E-state index is 12.9. The largest absolute Gasteiger partial charge is 0.369 e. The molecule has 2 aliphatic heterocycles. The van der Waals surface area contributed by atoms with Crippen LogP contribution in [0.25, 0.3) is 0 Å². The Hall–Kier alpha value is -1.89. The first kappa shape index (κ1) is 17.9. The van der Waals surface area contributed by atoms with Gasteiger partial charge in [0.1, 0.15) is 0 Å². The van der Waals surface area contributed by atoms with Crippen LogP contribution in [0.4, 0.5) is 0 Å². The highest BCUT2D eigenvalue weighted by Gasteiger charge is 2.35. The predicted octanol–water partition coefficient (Wildman–Crippen LogP) is 0.768. The number of carbonyl (C=O) groups is 2. The number of piperidine rings is 1. The van der Waals surface area contributed by atoms with E-state index in [2.05, 4.69) is 16.2 Å². The van der Waals surface area contributed by atoms with E-state index in [1.54, 1.807) is 0 Å². The summed E-state index contributed by atoms with van der Waals surface area (Å²) < 4.78 is 1.98. The Bertz CT molecular complexity index is 621. The van der Waals surface area contributed by atoms with Gasteiger partial charge in [0.15, 0.2) is 0 Å². The zero-order chi connectivity index (χ0) is 18.0. The molecule has 0 saturated carbocycles. The second kappa shape index (κ2) is 7.56. The highest BCUT2D eigenvalue weighted by Crippen LogP contribution is 2.24. The predicted molar refractivity (Wildman–Crippen MR) is 94.7 cm³/mol. The molecule has 2 amide bonds. The van der Waals surface area contributed by atoms with Crippen LogP contribution in [0, 0.1) is 12.8 Å². The Labute approximate surface area is 149 Å². The lowest BCUT2D eigenvalue weighted by Crippen LogP contribution is -2.52. The SMILES string of the molecule is Cc1cnn(C[C@H]2CCCN2[C@H](C)C(=O)N2CCC(C(N)=O)CC2)c1. The number of aromatic nitrogens is 2. The molecule has 0 bridgehead atoms. The van der Waals surface area contributed by atoms with Gasteiger partial charge in [-0.1, -0.05) is 0 Å². The fourth-order valence-corrected chi connectivity index (χ4v) is 4.14. The lowest BCUT2D eigenvalue weighted by Gasteiger charge is -2.36. The molecule has 3 rings (SSSR count). The van der Waals surface area contributed by atoms with Gasteiger partial charge in [-0.25, -0.2) is 0 Å². The minimum Gasteiger partial charge on any atom is -0.369 e. The van der Waals surface area contributed by atoms with Crippen molar-refractivity contribution in [3.05, 3.63) is 18.0 Å². The molecule has 7 heteroatoms. The molecule has 2 fully saturated rings. The summed E-state index contributed by atoms with van der Waals surface area (Å²) in [7, 11) is 0. The number of amides is 2. The van der Waals surface area contributed by atoms with Crippen molar-refractivity contribution in [3.63, 3.8) is 0 Å². The van der Waals surface area contributed by atoms with Crippen molar-refractivity contribution in [2.75, 3.05) is 19.6 Å². The van der Waals surface area contributed by atoms with E-state index in [1.165, 1.54) is 0 Å². The number of likely N-dealkylation sites (tertiary alicyclic amines) is 2. The highest BCUT2D eigenvalue weighted by molar-refractivity contribution is 5.82. The second-order valence-electron chi connectivity index (χ2n) is 7.45. The van der Waals surface area contributed by atoms with Crippen LogP contribution in [-0.2, 0) is 16.1 Å². The number of hydrogen-bond donors (Lipinski definition) is 1. The van der Waals surface area contributed by atoms with Gasteiger partial charge in [-0.05, 0) is 51.6 Å². The van der Waals surface area contributed by atoms with Gasteiger partial charge >= 0.3 is 0 Å². The minimum absolute atomic E-state index is 0.0815. The monoisotopic (exact) mass is 347 g/mol. The molecule has 25 heavy (non-hydrogen) atoms. The number of primary amides is 1. The molecule has 3 heterocycles. The molecule has 0 spiro atoms. The summed E-state index contributed by atoms with van der Waals surface area (Å²) in [6.45, 7) is 7.10. The molecule has 2 aliphatic rings. The van der Waals surface area contributed by atoms with E-state index in [4.69, 9.17) is 5.73 Å². The fraction of sp³-hybridized carbons (Fsp3) is 0.722. The number of hydrogen-bond acceptors (Lipinski definition) is 4. The zero-order valence-corrected chi connectivity index (χ0v) is 15.2. The van der Waals surface area contributed by atoms with Crippen molar-refractivity contribution in [2.24, 2.45) is 11.7 Å². The molecular formula is C18H29N5O2. The van der Waals surface area contributed by atoms with Crippen LogP contribution in [0.5, 0.6) is 0 Å². The summed E-state index contributed by atoms with van der Waals surface area (Å²) >= 11 is 0. The molecule has 7 nitrogen and oxygen atoms in total. The third-order valence-corrected chi connectivity index (χ3v) is 5.65. The quantitative estimate of drug-likeness (QED) is 0.852. The molecule has 0 radical (unpaired) electrons. The molecule has 0 aromatic carbocycles. The minimum atomic E-state index is -0.241. The van der Waals surface area contributed by atoms with Crippen molar-refractivity contribution < 1.29 is 9.59 Å². The van der Waals surface area contributed by atoms with E-state index in [0.717, 1.165) is 31.5 Å². The van der Waals surface area contributed by atoms with E-state index in [1.807, 2.05) is 29.6 Å². The smallest absolute Gasteiger partial charge is 0.239 e. The second-order valence-corrected chi connectivity index (χ2v) is 7.45. The highest BCUT2D eigenvalue weighted by atomic mass is 16.2. The molecule has 0 aliphatic carbocycles. The normalized spacial score (nSPS) is 23.8. The Balaban J connectivity index is 1.58. The molecule has 138 valence electrons. The van der Waals surface area contributed by atoms with Gasteiger partial charge in [-0.2, -0.15) is 5.10 Å². The molecular weight excluding hydrogens is 318 g/mol. The Kier molecular flexibility index (Phi) is 5.42. The Morgan fingerprint density at radius 2 is 2.00 bits per heavy atom. The Morgan fingerprint density at radius 3 is 2.60 bits per heavy atom. The summed E-state index contributed by atoms with van der Waals surface area (Å²) in [6.07, 6.45) is 7.51. The van der Waals surface area contributed by atoms with E-state index >= 15 is 0 Å². The summed E-state index contributed by atoms with van der Waals surface area (Å²) in [5.41, 5.74) is 6.54. The number of aryl methyl sites for hydroxylation is 1. The van der Waals surface area contributed by atoms with Gasteiger partial charge in [0.2, 0.25) is 11.8 Å². The van der Waals surface area contributed by atoms with E-state index in [9.17, 15) is 9.59 Å². The standard InChI is InChI=1S/C18H29N5O2/c1-13-10-20-22(11-13)12-16-4-3-7-23(16)14(2)18(25)21-8-5-15(6-9-21)17(19)24/h10-11,14-16H,3-9,12H2,1-2H3,(H2,19,24)/t14-,16-/m1/s1. The zero-order valence-electron chi connectivity index (χ0n) is 15.2. The number of rotatable bonds is 5. The van der Waals surface area contributed by atoms with Crippen molar-refractivity contribution >= 4 is 11.8 Å². The van der Waals surface area contributed by atoms with Gasteiger partial charge in [0.05, 0.1) is 18.8 Å². The van der Waals surface area contributed by atoms with Crippen molar-refractivity contribution in [3.8, 4) is 0 Å². The summed E-state index contributed by atoms with van der Waals surface area (Å²) in [5, 5.41) is 4.38. The third kappa shape index (κ3) is 4.03. The first-order valence-electron chi connectivity index (χ1n) is 9.28. The maximum atomic E-state index is 12.9. The van der Waals surface area contributed by atoms with Crippen LogP contribution in [0.1, 0.15) is 38.2 Å². The van der Waals surface area contributed by atoms with Gasteiger partial charge in [0.25, 0.3) is 0 Å². The molecule has 2 saturated heterocycles. The van der Waals surface area contributed by atoms with Crippen LogP contribution in [0.15, 0.2) is 12.4 Å². The maximum Gasteiger partial charge on any atom is 0.239 e. The van der Waals surface area contributed by atoms with Crippen LogP contribution in [0.2, 0.25) is 0 Å². The molecule has 1 aromatic heterocycles. The average molecular weight is 347 g/mol. The lowest BCUT2D eigenvalue weighted by molar-refractivity contribution is -0.139. The van der Waals surface area contributed by atoms with Crippen molar-refractivity contribution in [1.29, 1.82) is 0 Å². The lowest BCUT2D eigenvalue weighted by atomic mass is 9.96. The number of nitrogens with two attached hydrogens (primary N) is 1. The average Bonchev–Trinajstić information content (AvgIpc) is 3.23. The van der Waals surface area contributed by atoms with Gasteiger partial charge < -0.3 is 10.6 Å². The first-order chi connectivity index (χ1) is 12.0. The fourth-order valence-electron chi connectivity index (χ4n) is 4.14. The third-order valence-electron chi connectivity index (χ3n) is 5.65. The van der Waals surface area contributed by atoms with Gasteiger partial charge in [-0.3, -0.25) is 19.2 Å². The first-order valence-corrected chi connectivity index (χ1v) is 9.28.